The van der Waals surface area contributed by atoms with Crippen molar-refractivity contribution in [3.63, 3.8) is 0 Å². The first kappa shape index (κ1) is 36.8. The molecule has 0 spiro atoms. The van der Waals surface area contributed by atoms with Crippen LogP contribution in [-0.4, -0.2) is 53.8 Å². The van der Waals surface area contributed by atoms with Crippen LogP contribution in [-0.2, 0) is 0 Å². The van der Waals surface area contributed by atoms with Crippen molar-refractivity contribution in [2.24, 2.45) is 0 Å². The average Bonchev–Trinajstić information content (AvgIpc) is 3.29. The molecule has 0 fully saturated rings. The molecule has 0 bridgehead atoms. The van der Waals surface area contributed by atoms with E-state index in [2.05, 4.69) is 0 Å². The van der Waals surface area contributed by atoms with Crippen molar-refractivity contribution in [2.75, 3.05) is 35.8 Å². The molecule has 9 aromatic rings. The molecule has 0 aliphatic carbocycles. The Balaban J connectivity index is 1.08. The summed E-state index contributed by atoms with van der Waals surface area (Å²) in [6.45, 7) is 1.95. The van der Waals surface area contributed by atoms with Crippen molar-refractivity contribution in [3.8, 4) is 11.3 Å². The second-order valence-electron chi connectivity index (χ2n) is 14.7. The minimum Gasteiger partial charge on any atom is -0.310 e. The fourth-order valence-electron chi connectivity index (χ4n) is 7.66. The predicted molar refractivity (Wildman–Crippen MR) is 238 cm³/mol. The molecule has 286 valence electrons. The number of hydrogen-bond donors (Lipinski definition) is 0. The van der Waals surface area contributed by atoms with Crippen LogP contribution in [0.1, 0.15) is 36.6 Å². The third-order valence-electron chi connectivity index (χ3n) is 11.0. The lowest BCUT2D eigenvalue weighted by Crippen LogP contribution is -2.31. The maximum Gasteiger partial charge on any atom is 0.258 e. The molecular weight excluding hydrogens is 733 g/mol. The molecule has 0 unspecified atom stereocenters. The molecule has 6 aromatic carbocycles. The van der Waals surface area contributed by atoms with Gasteiger partial charge < -0.3 is 14.7 Å². The Bertz CT molecular complexity index is 2990. The van der Waals surface area contributed by atoms with Crippen LogP contribution in [0.5, 0.6) is 0 Å². The van der Waals surface area contributed by atoms with Crippen molar-refractivity contribution in [3.05, 3.63) is 180 Å². The smallest absolute Gasteiger partial charge is 0.258 e. The quantitative estimate of drug-likeness (QED) is 0.150. The number of carbonyl (C=O) groups excluding carboxylic acids is 3. The van der Waals surface area contributed by atoms with Gasteiger partial charge in [-0.05, 0) is 59.7 Å². The Labute approximate surface area is 340 Å². The van der Waals surface area contributed by atoms with Gasteiger partial charge >= 0.3 is 0 Å². The minimum absolute atomic E-state index is 0.166. The number of aromatic nitrogens is 3. The van der Waals surface area contributed by atoms with Gasteiger partial charge in [0.05, 0.1) is 52.4 Å². The Morgan fingerprint density at radius 1 is 0.424 bits per heavy atom. The molecule has 0 aliphatic heterocycles. The van der Waals surface area contributed by atoms with E-state index in [9.17, 15) is 14.4 Å². The maximum absolute atomic E-state index is 14.4. The second kappa shape index (κ2) is 14.9. The van der Waals surface area contributed by atoms with Gasteiger partial charge in [-0.15, -0.1) is 0 Å². The highest BCUT2D eigenvalue weighted by Gasteiger charge is 2.25. The van der Waals surface area contributed by atoms with Gasteiger partial charge in [0.1, 0.15) is 0 Å². The van der Waals surface area contributed by atoms with E-state index in [1.807, 2.05) is 128 Å². The number of rotatable bonds is 7. The molecule has 3 amide bonds. The summed E-state index contributed by atoms with van der Waals surface area (Å²) in [6, 6.07) is 44.3. The Kier molecular flexibility index (Phi) is 9.33. The van der Waals surface area contributed by atoms with E-state index in [4.69, 9.17) is 15.0 Å². The lowest BCUT2D eigenvalue weighted by molar-refractivity contribution is 0.0992. The van der Waals surface area contributed by atoms with E-state index in [0.29, 0.717) is 17.1 Å². The summed E-state index contributed by atoms with van der Waals surface area (Å²) in [7, 11) is 4.98. The average molecular weight is 771 g/mol. The fourth-order valence-corrected chi connectivity index (χ4v) is 7.66. The topological polar surface area (TPSA) is 99.6 Å². The lowest BCUT2D eigenvalue weighted by atomic mass is 10.0. The normalized spacial score (nSPS) is 11.3. The highest BCUT2D eigenvalue weighted by molar-refractivity contribution is 6.15. The van der Waals surface area contributed by atoms with Gasteiger partial charge in [-0.1, -0.05) is 103 Å². The first-order chi connectivity index (χ1) is 28.6. The van der Waals surface area contributed by atoms with Crippen LogP contribution < -0.4 is 14.7 Å². The molecule has 3 aromatic heterocycles. The van der Waals surface area contributed by atoms with Crippen LogP contribution in [0.4, 0.5) is 17.1 Å². The van der Waals surface area contributed by atoms with E-state index < -0.39 is 17.7 Å². The van der Waals surface area contributed by atoms with E-state index in [-0.39, 0.29) is 16.7 Å². The van der Waals surface area contributed by atoms with Crippen molar-refractivity contribution < 1.29 is 14.4 Å². The second-order valence-corrected chi connectivity index (χ2v) is 14.7. The largest absolute Gasteiger partial charge is 0.310 e. The summed E-state index contributed by atoms with van der Waals surface area (Å²) in [5, 5.41) is 5.94. The zero-order valence-electron chi connectivity index (χ0n) is 32.9. The molecule has 59 heavy (non-hydrogen) atoms. The number of benzene rings is 6. The zero-order valence-corrected chi connectivity index (χ0v) is 32.9. The highest BCUT2D eigenvalue weighted by atomic mass is 16.2. The molecule has 0 saturated carbocycles. The van der Waals surface area contributed by atoms with Gasteiger partial charge in [-0.3, -0.25) is 29.3 Å². The molecule has 0 radical (unpaired) electrons. The van der Waals surface area contributed by atoms with Gasteiger partial charge in [0.2, 0.25) is 0 Å². The van der Waals surface area contributed by atoms with E-state index >= 15 is 0 Å². The number of amides is 3. The summed E-state index contributed by atoms with van der Waals surface area (Å²) in [6.07, 6.45) is 4.99. The molecule has 9 rings (SSSR count). The standard InChI is InChI=1S/C50H38N6O3/c1-31-22-40(28-51-45(31)34-14-6-5-7-15-34)54(2)48(57)37-23-38(49(58)55(3)41-26-35-20-18-32-12-8-10-16-43(32)46(35)52-29-41)25-39(24-37)50(59)56(4)42-27-36-21-19-33-13-9-11-17-44(33)47(36)53-30-42/h5-30H,1-4H3. The Morgan fingerprint density at radius 3 is 1.27 bits per heavy atom. The van der Waals surface area contributed by atoms with Crippen LogP contribution in [0.3, 0.4) is 0 Å². The van der Waals surface area contributed by atoms with Crippen molar-refractivity contribution >= 4 is 78.1 Å². The van der Waals surface area contributed by atoms with Crippen molar-refractivity contribution in [1.82, 2.24) is 15.0 Å². The monoisotopic (exact) mass is 770 g/mol. The Morgan fingerprint density at radius 2 is 0.814 bits per heavy atom. The number of nitrogens with zero attached hydrogens (tertiary/aromatic N) is 6. The number of pyridine rings is 3. The predicted octanol–water partition coefficient (Wildman–Crippen LogP) is 10.3. The van der Waals surface area contributed by atoms with Crippen LogP contribution in [0.2, 0.25) is 0 Å². The van der Waals surface area contributed by atoms with Gasteiger partial charge in [-0.2, -0.15) is 0 Å². The maximum atomic E-state index is 14.4. The summed E-state index contributed by atoms with van der Waals surface area (Å²) >= 11 is 0. The summed E-state index contributed by atoms with van der Waals surface area (Å²) in [4.78, 5) is 61.9. The number of carbonyl (C=O) groups is 3. The van der Waals surface area contributed by atoms with Crippen molar-refractivity contribution in [1.29, 1.82) is 0 Å². The summed E-state index contributed by atoms with van der Waals surface area (Å²) in [5.74, 6) is -1.24. The van der Waals surface area contributed by atoms with Crippen LogP contribution in [0.25, 0.3) is 54.6 Å². The molecule has 0 saturated heterocycles. The minimum atomic E-state index is -0.412. The molecule has 0 atom stereocenters. The molecule has 3 heterocycles. The Hall–Kier alpha value is -7.78. The SMILES string of the molecule is Cc1cc(N(C)C(=O)c2cc(C(=O)N(C)c3cnc4c(ccc5ccccc54)c3)cc(C(=O)N(C)c3cnc4c(ccc5ccccc54)c3)c2)cnc1-c1ccccc1. The van der Waals surface area contributed by atoms with E-state index in [1.54, 1.807) is 45.8 Å². The highest BCUT2D eigenvalue weighted by Crippen LogP contribution is 2.31. The molecule has 9 nitrogen and oxygen atoms in total. The molecule has 0 N–H and O–H groups in total. The van der Waals surface area contributed by atoms with Crippen molar-refractivity contribution in [2.45, 2.75) is 6.92 Å². The molecular formula is C50H38N6O3. The summed E-state index contributed by atoms with van der Waals surface area (Å²) < 4.78 is 0. The van der Waals surface area contributed by atoms with E-state index in [0.717, 1.165) is 60.2 Å². The van der Waals surface area contributed by atoms with Gasteiger partial charge in [0.15, 0.2) is 0 Å². The fraction of sp³-hybridized carbons (Fsp3) is 0.0800. The number of anilines is 3. The van der Waals surface area contributed by atoms with Gasteiger partial charge in [0.25, 0.3) is 17.7 Å². The summed E-state index contributed by atoms with van der Waals surface area (Å²) in [5.41, 5.74) is 6.53. The van der Waals surface area contributed by atoms with Crippen LogP contribution in [0.15, 0.2) is 158 Å². The van der Waals surface area contributed by atoms with E-state index in [1.165, 1.54) is 26.8 Å². The van der Waals surface area contributed by atoms with Crippen LogP contribution >= 0.6 is 0 Å². The number of aryl methyl sites for hydroxylation is 1. The molecule has 0 aliphatic rings. The third-order valence-corrected chi connectivity index (χ3v) is 11.0. The number of fused-ring (bicyclic) bond motifs is 6. The van der Waals surface area contributed by atoms with Gasteiger partial charge in [-0.25, -0.2) is 0 Å². The molecule has 9 heteroatoms. The number of hydrogen-bond acceptors (Lipinski definition) is 6. The van der Waals surface area contributed by atoms with Crippen LogP contribution in [0, 0.1) is 6.92 Å². The third kappa shape index (κ3) is 6.78. The first-order valence-electron chi connectivity index (χ1n) is 19.2. The van der Waals surface area contributed by atoms with Gasteiger partial charge in [0, 0.05) is 64.9 Å². The lowest BCUT2D eigenvalue weighted by Gasteiger charge is -2.22. The zero-order chi connectivity index (χ0) is 40.8. The first-order valence-corrected chi connectivity index (χ1v) is 19.2.